The summed E-state index contributed by atoms with van der Waals surface area (Å²) < 4.78 is 25.4. The van der Waals surface area contributed by atoms with Gasteiger partial charge in [0.2, 0.25) is 0 Å². The van der Waals surface area contributed by atoms with E-state index in [-0.39, 0.29) is 30.1 Å². The summed E-state index contributed by atoms with van der Waals surface area (Å²) in [5.41, 5.74) is 1.66. The number of terminal acetylenes is 1. The molecule has 5 rings (SSSR count). The number of thiazole rings is 1. The molecule has 0 bridgehead atoms. The lowest BCUT2D eigenvalue weighted by atomic mass is 9.92. The summed E-state index contributed by atoms with van der Waals surface area (Å²) in [5, 5.41) is 15.1. The maximum Gasteiger partial charge on any atom is 0.338 e. The number of nitrogens with zero attached hydrogens (tertiary/aromatic N) is 3. The van der Waals surface area contributed by atoms with Gasteiger partial charge in [0.1, 0.15) is 11.9 Å². The fourth-order valence-electron chi connectivity index (χ4n) is 5.00. The summed E-state index contributed by atoms with van der Waals surface area (Å²) in [6.45, 7) is 3.80. The van der Waals surface area contributed by atoms with E-state index in [0.29, 0.717) is 60.3 Å². The van der Waals surface area contributed by atoms with E-state index < -0.39 is 23.8 Å². The van der Waals surface area contributed by atoms with Crippen molar-refractivity contribution in [3.63, 3.8) is 0 Å². The molecule has 3 unspecified atom stereocenters. The molecule has 2 N–H and O–H groups in total. The van der Waals surface area contributed by atoms with Gasteiger partial charge in [0, 0.05) is 48.4 Å². The Hall–Kier alpha value is -3.59. The molecule has 0 radical (unpaired) electrons. The lowest BCUT2D eigenvalue weighted by Crippen LogP contribution is -2.47. The molecule has 4 atom stereocenters. The second kappa shape index (κ2) is 11.0. The van der Waals surface area contributed by atoms with Crippen LogP contribution in [-0.4, -0.2) is 71.7 Å². The number of esters is 1. The Balaban J connectivity index is 1.52. The van der Waals surface area contributed by atoms with Crippen LogP contribution in [0.2, 0.25) is 0 Å². The highest BCUT2D eigenvalue weighted by Gasteiger charge is 2.49. The molecular formula is C27H27FN4O5S. The number of aromatic nitrogens is 1. The van der Waals surface area contributed by atoms with Gasteiger partial charge in [-0.1, -0.05) is 12.0 Å². The minimum absolute atomic E-state index is 0.0225. The molecule has 1 aromatic heterocycles. The summed E-state index contributed by atoms with van der Waals surface area (Å²) in [6, 6.07) is 3.25. The van der Waals surface area contributed by atoms with Crippen molar-refractivity contribution in [3.8, 4) is 12.3 Å². The highest BCUT2D eigenvalue weighted by molar-refractivity contribution is 7.11. The zero-order valence-electron chi connectivity index (χ0n) is 20.7. The molecule has 0 spiro atoms. The highest BCUT2D eigenvalue weighted by atomic mass is 32.1. The van der Waals surface area contributed by atoms with Gasteiger partial charge in [-0.3, -0.25) is 14.7 Å². The number of carbonyl (C=O) groups is 2. The van der Waals surface area contributed by atoms with Crippen molar-refractivity contribution >= 4 is 29.1 Å². The van der Waals surface area contributed by atoms with Gasteiger partial charge in [0.15, 0.2) is 10.8 Å². The molecule has 1 aliphatic carbocycles. The van der Waals surface area contributed by atoms with Crippen LogP contribution in [-0.2, 0) is 19.1 Å². The van der Waals surface area contributed by atoms with Crippen LogP contribution >= 0.6 is 11.3 Å². The molecule has 0 amide bonds. The van der Waals surface area contributed by atoms with Crippen molar-refractivity contribution < 1.29 is 28.6 Å². The zero-order valence-corrected chi connectivity index (χ0v) is 21.5. The van der Waals surface area contributed by atoms with Gasteiger partial charge in [-0.15, -0.1) is 17.8 Å². The molecule has 3 heterocycles. The Bertz CT molecular complexity index is 1340. The molecule has 1 saturated heterocycles. The van der Waals surface area contributed by atoms with Gasteiger partial charge in [-0.25, -0.2) is 14.2 Å². The zero-order chi connectivity index (χ0) is 26.8. The van der Waals surface area contributed by atoms with E-state index in [0.717, 1.165) is 0 Å². The summed E-state index contributed by atoms with van der Waals surface area (Å²) in [7, 11) is 0. The third-order valence-corrected chi connectivity index (χ3v) is 7.70. The molecule has 2 fully saturated rings. The summed E-state index contributed by atoms with van der Waals surface area (Å²) in [4.78, 5) is 36.1. The van der Waals surface area contributed by atoms with Gasteiger partial charge < -0.3 is 19.9 Å². The van der Waals surface area contributed by atoms with Gasteiger partial charge in [0.25, 0.3) is 0 Å². The van der Waals surface area contributed by atoms with Crippen molar-refractivity contribution in [3.05, 3.63) is 63.0 Å². The first kappa shape index (κ1) is 26.0. The van der Waals surface area contributed by atoms with E-state index in [1.807, 2.05) is 5.38 Å². The predicted octanol–water partition coefficient (Wildman–Crippen LogP) is 2.59. The van der Waals surface area contributed by atoms with E-state index in [1.54, 1.807) is 19.2 Å². The van der Waals surface area contributed by atoms with Gasteiger partial charge in [-0.05, 0) is 31.0 Å². The van der Waals surface area contributed by atoms with Gasteiger partial charge in [-0.2, -0.15) is 0 Å². The van der Waals surface area contributed by atoms with Gasteiger partial charge >= 0.3 is 11.9 Å². The van der Waals surface area contributed by atoms with E-state index in [2.05, 4.69) is 21.1 Å². The first-order valence-electron chi connectivity index (χ1n) is 12.4. The maximum absolute atomic E-state index is 14.0. The Morgan fingerprint density at radius 3 is 2.95 bits per heavy atom. The number of aliphatic carboxylic acids is 1. The van der Waals surface area contributed by atoms with E-state index >= 15 is 0 Å². The van der Waals surface area contributed by atoms with Crippen LogP contribution in [0.5, 0.6) is 0 Å². The number of halogens is 1. The van der Waals surface area contributed by atoms with Crippen molar-refractivity contribution in [2.45, 2.75) is 25.5 Å². The highest BCUT2D eigenvalue weighted by Crippen LogP contribution is 2.43. The predicted molar refractivity (Wildman–Crippen MR) is 138 cm³/mol. The number of hydrogen-bond donors (Lipinski definition) is 2. The largest absolute Gasteiger partial charge is 0.481 e. The first-order valence-corrected chi connectivity index (χ1v) is 13.2. The smallest absolute Gasteiger partial charge is 0.338 e. The number of amidine groups is 1. The maximum atomic E-state index is 14.0. The second-order valence-electron chi connectivity index (χ2n) is 9.32. The number of morpholine rings is 1. The molecule has 1 aromatic carbocycles. The topological polar surface area (TPSA) is 113 Å². The molecule has 11 heteroatoms. The molecule has 2 aliphatic heterocycles. The monoisotopic (exact) mass is 538 g/mol. The van der Waals surface area contributed by atoms with Crippen molar-refractivity contribution in [2.75, 3.05) is 32.8 Å². The molecule has 2 aromatic rings. The number of carboxylic acids is 1. The second-order valence-corrected chi connectivity index (χ2v) is 10.2. The first-order chi connectivity index (χ1) is 18.4. The van der Waals surface area contributed by atoms with E-state index in [9.17, 15) is 19.1 Å². The average Bonchev–Trinajstić information content (AvgIpc) is 3.54. The third kappa shape index (κ3) is 5.34. The Morgan fingerprint density at radius 2 is 2.26 bits per heavy atom. The van der Waals surface area contributed by atoms with Crippen molar-refractivity contribution in [1.82, 2.24) is 15.2 Å². The summed E-state index contributed by atoms with van der Waals surface area (Å²) in [6.07, 6.45) is 7.78. The lowest BCUT2D eigenvalue weighted by Gasteiger charge is -2.35. The van der Waals surface area contributed by atoms with Crippen LogP contribution in [0.1, 0.15) is 35.5 Å². The standard InChI is InChI=1S/C27H27FN4O5S/c1-3-15-11-16(28)5-6-17(15)23-22(27(35)36-4-2)20(30-24(31-23)25-29-7-10-38-25)13-32-8-9-37-21(14-32)18-12-19(18)26(33)34/h1,5-7,10-11,18-19,21,23H,4,8-9,12-14H2,2H3,(H,30,31)(H,33,34)/t18?,19?,21-,23?/m0/s1. The number of hydrogen-bond acceptors (Lipinski definition) is 9. The normalized spacial score (nSPS) is 25.2. The average molecular weight is 539 g/mol. The number of carbonyl (C=O) groups excluding carboxylic acids is 1. The molecule has 198 valence electrons. The SMILES string of the molecule is C#Cc1cc(F)ccc1C1N=C(c2nccs2)NC(CN2CCO[C@H](C3CC3C(=O)O)C2)=C1C(=O)OCC. The van der Waals surface area contributed by atoms with Crippen LogP contribution in [0.3, 0.4) is 0 Å². The summed E-state index contributed by atoms with van der Waals surface area (Å²) >= 11 is 1.39. The number of nitrogens with one attached hydrogen (secondary N) is 1. The molecule has 9 nitrogen and oxygen atoms in total. The van der Waals surface area contributed by atoms with Gasteiger partial charge in [0.05, 0.1) is 30.8 Å². The fourth-order valence-corrected chi connectivity index (χ4v) is 5.59. The summed E-state index contributed by atoms with van der Waals surface area (Å²) in [5.74, 6) is 0.754. The minimum Gasteiger partial charge on any atom is -0.481 e. The van der Waals surface area contributed by atoms with E-state index in [1.165, 1.54) is 23.5 Å². The Labute approximate surface area is 223 Å². The number of ether oxygens (including phenoxy) is 2. The van der Waals surface area contributed by atoms with Crippen LogP contribution in [0, 0.1) is 30.0 Å². The Kier molecular flexibility index (Phi) is 7.56. The quantitative estimate of drug-likeness (QED) is 0.390. The molecule has 38 heavy (non-hydrogen) atoms. The van der Waals surface area contributed by atoms with Crippen LogP contribution in [0.25, 0.3) is 0 Å². The lowest BCUT2D eigenvalue weighted by molar-refractivity contribution is -0.140. The Morgan fingerprint density at radius 1 is 1.42 bits per heavy atom. The molecular weight excluding hydrogens is 511 g/mol. The fraction of sp³-hybridized carbons (Fsp3) is 0.407. The minimum atomic E-state index is -0.840. The molecule has 3 aliphatic rings. The number of benzene rings is 1. The van der Waals surface area contributed by atoms with Crippen LogP contribution in [0.4, 0.5) is 4.39 Å². The number of carboxylic acid groups (broad SMARTS) is 1. The van der Waals surface area contributed by atoms with Crippen LogP contribution in [0.15, 0.2) is 46.0 Å². The van der Waals surface area contributed by atoms with Crippen molar-refractivity contribution in [2.24, 2.45) is 16.8 Å². The van der Waals surface area contributed by atoms with Crippen molar-refractivity contribution in [1.29, 1.82) is 0 Å². The van der Waals surface area contributed by atoms with Crippen LogP contribution < -0.4 is 5.32 Å². The number of rotatable bonds is 8. The molecule has 1 saturated carbocycles. The number of aliphatic imine (C=N–C) groups is 1. The third-order valence-electron chi connectivity index (χ3n) is 6.92. The van der Waals surface area contributed by atoms with E-state index in [4.69, 9.17) is 20.9 Å².